The second-order valence-corrected chi connectivity index (χ2v) is 6.04. The molecule has 0 aliphatic carbocycles. The summed E-state index contributed by atoms with van der Waals surface area (Å²) in [6.45, 7) is 7.80. The number of halogens is 1. The molecule has 1 aromatic heterocycles. The van der Waals surface area contributed by atoms with Gasteiger partial charge in [0.25, 0.3) is 5.91 Å². The number of H-pyrrole nitrogens is 1. The number of nitrogens with zero attached hydrogens (tertiary/aromatic N) is 1. The Labute approximate surface area is 135 Å². The van der Waals surface area contributed by atoms with E-state index in [4.69, 9.17) is 0 Å². The van der Waals surface area contributed by atoms with Gasteiger partial charge >= 0.3 is 0 Å². The van der Waals surface area contributed by atoms with Crippen LogP contribution in [-0.4, -0.2) is 33.7 Å². The van der Waals surface area contributed by atoms with Gasteiger partial charge in [0.2, 0.25) is 0 Å². The zero-order chi connectivity index (χ0) is 17.1. The van der Waals surface area contributed by atoms with Crippen molar-refractivity contribution >= 4 is 11.7 Å². The molecular formula is C18H21FN2O2. The predicted molar refractivity (Wildman–Crippen MR) is 87.1 cm³/mol. The van der Waals surface area contributed by atoms with Gasteiger partial charge in [0.05, 0.1) is 0 Å². The number of nitrogens with one attached hydrogen (secondary N) is 1. The number of hydrogen-bond donors (Lipinski definition) is 1. The number of hydrogen-bond acceptors (Lipinski definition) is 2. The predicted octanol–water partition coefficient (Wildman–Crippen LogP) is 3.64. The average Bonchev–Trinajstić information content (AvgIpc) is 2.96. The smallest absolute Gasteiger partial charge is 0.270 e. The number of ketones is 1. The van der Waals surface area contributed by atoms with Crippen LogP contribution in [0, 0.1) is 5.82 Å². The monoisotopic (exact) mass is 316 g/mol. The normalized spacial score (nSPS) is 11.1. The Kier molecular flexibility index (Phi) is 4.98. The van der Waals surface area contributed by atoms with E-state index in [9.17, 15) is 14.0 Å². The van der Waals surface area contributed by atoms with Crippen LogP contribution in [0.1, 0.15) is 54.1 Å². The lowest BCUT2D eigenvalue weighted by molar-refractivity contribution is 0.0638. The SMILES string of the molecule is CC(C)N(C(=O)c1cc(C(=O)c2ccc(F)cc2)c[nH]1)C(C)C. The molecule has 0 saturated heterocycles. The summed E-state index contributed by atoms with van der Waals surface area (Å²) in [6, 6.07) is 7.01. The molecule has 4 nitrogen and oxygen atoms in total. The van der Waals surface area contributed by atoms with Gasteiger partial charge in [-0.15, -0.1) is 0 Å². The Balaban J connectivity index is 2.24. The highest BCUT2D eigenvalue weighted by molar-refractivity contribution is 6.10. The molecule has 0 saturated carbocycles. The van der Waals surface area contributed by atoms with Crippen molar-refractivity contribution in [1.29, 1.82) is 0 Å². The molecule has 0 atom stereocenters. The maximum absolute atomic E-state index is 12.9. The van der Waals surface area contributed by atoms with Gasteiger partial charge in [0, 0.05) is 29.4 Å². The minimum absolute atomic E-state index is 0.0575. The largest absolute Gasteiger partial charge is 0.356 e. The van der Waals surface area contributed by atoms with Crippen molar-refractivity contribution in [3.63, 3.8) is 0 Å². The quantitative estimate of drug-likeness (QED) is 0.856. The molecule has 1 N–H and O–H groups in total. The standard InChI is InChI=1S/C18H21FN2O2/c1-11(2)21(12(3)4)18(23)16-9-14(10-20-16)17(22)13-5-7-15(19)8-6-13/h5-12,20H,1-4H3. The first-order chi connectivity index (χ1) is 10.8. The number of amides is 1. The van der Waals surface area contributed by atoms with E-state index in [1.54, 1.807) is 11.0 Å². The fourth-order valence-corrected chi connectivity index (χ4v) is 2.62. The summed E-state index contributed by atoms with van der Waals surface area (Å²) >= 11 is 0. The zero-order valence-electron chi connectivity index (χ0n) is 13.8. The molecule has 0 fully saturated rings. The van der Waals surface area contributed by atoms with Crippen molar-refractivity contribution in [1.82, 2.24) is 9.88 Å². The Morgan fingerprint density at radius 2 is 1.57 bits per heavy atom. The van der Waals surface area contributed by atoms with Crippen LogP contribution in [0.3, 0.4) is 0 Å². The van der Waals surface area contributed by atoms with E-state index < -0.39 is 5.82 Å². The Morgan fingerprint density at radius 3 is 2.09 bits per heavy atom. The van der Waals surface area contributed by atoms with Crippen molar-refractivity contribution in [2.24, 2.45) is 0 Å². The second-order valence-electron chi connectivity index (χ2n) is 6.04. The van der Waals surface area contributed by atoms with Crippen LogP contribution in [0.4, 0.5) is 4.39 Å². The molecule has 1 aromatic carbocycles. The van der Waals surface area contributed by atoms with E-state index >= 15 is 0 Å². The number of carbonyl (C=O) groups excluding carboxylic acids is 2. The first-order valence-electron chi connectivity index (χ1n) is 7.62. The summed E-state index contributed by atoms with van der Waals surface area (Å²) in [4.78, 5) is 29.6. The lowest BCUT2D eigenvalue weighted by atomic mass is 10.1. The maximum Gasteiger partial charge on any atom is 0.270 e. The van der Waals surface area contributed by atoms with Crippen molar-refractivity contribution in [3.8, 4) is 0 Å². The molecule has 2 rings (SSSR count). The molecule has 23 heavy (non-hydrogen) atoms. The average molecular weight is 316 g/mol. The molecule has 0 aliphatic heterocycles. The van der Waals surface area contributed by atoms with Gasteiger partial charge in [0.1, 0.15) is 11.5 Å². The van der Waals surface area contributed by atoms with Crippen molar-refractivity contribution in [2.75, 3.05) is 0 Å². The third kappa shape index (κ3) is 3.67. The molecule has 1 heterocycles. The van der Waals surface area contributed by atoms with Crippen molar-refractivity contribution < 1.29 is 14.0 Å². The second kappa shape index (κ2) is 6.77. The van der Waals surface area contributed by atoms with Gasteiger partial charge in [0.15, 0.2) is 5.78 Å². The van der Waals surface area contributed by atoms with Crippen molar-refractivity contribution in [3.05, 3.63) is 59.2 Å². The number of aromatic amines is 1. The van der Waals surface area contributed by atoms with Gasteiger partial charge in [-0.1, -0.05) is 0 Å². The van der Waals surface area contributed by atoms with Crippen LogP contribution < -0.4 is 0 Å². The summed E-state index contributed by atoms with van der Waals surface area (Å²) in [6.07, 6.45) is 1.51. The van der Waals surface area contributed by atoms with Crippen LogP contribution in [0.2, 0.25) is 0 Å². The van der Waals surface area contributed by atoms with Crippen LogP contribution in [0.25, 0.3) is 0 Å². The molecule has 122 valence electrons. The van der Waals surface area contributed by atoms with E-state index in [1.165, 1.54) is 30.5 Å². The highest BCUT2D eigenvalue weighted by Crippen LogP contribution is 2.16. The zero-order valence-corrected chi connectivity index (χ0v) is 13.8. The summed E-state index contributed by atoms with van der Waals surface area (Å²) < 4.78 is 12.9. The molecule has 0 unspecified atom stereocenters. The van der Waals surface area contributed by atoms with Gasteiger partial charge in [-0.3, -0.25) is 9.59 Å². The third-order valence-electron chi connectivity index (χ3n) is 3.63. The number of benzene rings is 1. The molecule has 0 radical (unpaired) electrons. The lowest BCUT2D eigenvalue weighted by Gasteiger charge is -2.30. The van der Waals surface area contributed by atoms with Gasteiger partial charge < -0.3 is 9.88 Å². The highest BCUT2D eigenvalue weighted by Gasteiger charge is 2.23. The van der Waals surface area contributed by atoms with E-state index in [0.29, 0.717) is 16.8 Å². The van der Waals surface area contributed by atoms with Gasteiger partial charge in [-0.05, 0) is 58.0 Å². The van der Waals surface area contributed by atoms with E-state index in [2.05, 4.69) is 4.98 Å². The van der Waals surface area contributed by atoms with Gasteiger partial charge in [-0.2, -0.15) is 0 Å². The third-order valence-corrected chi connectivity index (χ3v) is 3.63. The number of aromatic nitrogens is 1. The first kappa shape index (κ1) is 16.9. The fourth-order valence-electron chi connectivity index (χ4n) is 2.62. The number of carbonyl (C=O) groups is 2. The molecule has 0 spiro atoms. The Bertz CT molecular complexity index is 694. The van der Waals surface area contributed by atoms with Crippen LogP contribution >= 0.6 is 0 Å². The summed E-state index contributed by atoms with van der Waals surface area (Å²) in [7, 11) is 0. The Hall–Kier alpha value is -2.43. The lowest BCUT2D eigenvalue weighted by Crippen LogP contribution is -2.42. The van der Waals surface area contributed by atoms with Gasteiger partial charge in [-0.25, -0.2) is 4.39 Å². The molecule has 2 aromatic rings. The minimum atomic E-state index is -0.393. The van der Waals surface area contributed by atoms with E-state index in [0.717, 1.165) is 0 Å². The molecule has 1 amide bonds. The molecule has 0 aliphatic rings. The van der Waals surface area contributed by atoms with Crippen LogP contribution in [0.15, 0.2) is 36.5 Å². The van der Waals surface area contributed by atoms with Crippen molar-refractivity contribution in [2.45, 2.75) is 39.8 Å². The first-order valence-corrected chi connectivity index (χ1v) is 7.62. The number of rotatable bonds is 5. The van der Waals surface area contributed by atoms with E-state index in [1.807, 2.05) is 27.7 Å². The summed E-state index contributed by atoms with van der Waals surface area (Å²) in [5.74, 6) is -0.787. The van der Waals surface area contributed by atoms with Crippen LogP contribution in [0.5, 0.6) is 0 Å². The fraction of sp³-hybridized carbons (Fsp3) is 0.333. The topological polar surface area (TPSA) is 53.2 Å². The van der Waals surface area contributed by atoms with E-state index in [-0.39, 0.29) is 23.8 Å². The molecule has 0 bridgehead atoms. The highest BCUT2D eigenvalue weighted by atomic mass is 19.1. The minimum Gasteiger partial charge on any atom is -0.356 e. The van der Waals surface area contributed by atoms with Crippen LogP contribution in [-0.2, 0) is 0 Å². The summed E-state index contributed by atoms with van der Waals surface area (Å²) in [5.41, 5.74) is 1.14. The maximum atomic E-state index is 12.9. The molecular weight excluding hydrogens is 295 g/mol. The summed E-state index contributed by atoms with van der Waals surface area (Å²) in [5, 5.41) is 0. The Morgan fingerprint density at radius 1 is 1.00 bits per heavy atom. The molecule has 5 heteroatoms.